The first-order valence-electron chi connectivity index (χ1n) is 8.59. The quantitative estimate of drug-likeness (QED) is 0.675. The van der Waals surface area contributed by atoms with Crippen LogP contribution in [0.3, 0.4) is 0 Å². The third-order valence-electron chi connectivity index (χ3n) is 4.30. The molecule has 3 aromatic heterocycles. The summed E-state index contributed by atoms with van der Waals surface area (Å²) in [6, 6.07) is 2.05. The first-order chi connectivity index (χ1) is 12.1. The van der Waals surface area contributed by atoms with Crippen molar-refractivity contribution < 1.29 is 4.74 Å². The van der Waals surface area contributed by atoms with Crippen molar-refractivity contribution >= 4 is 11.6 Å². The molecule has 0 aliphatic heterocycles. The average molecular weight is 343 g/mol. The molecule has 0 atom stereocenters. The van der Waals surface area contributed by atoms with Crippen LogP contribution in [0.1, 0.15) is 36.0 Å². The van der Waals surface area contributed by atoms with Gasteiger partial charge in [-0.3, -0.25) is 4.68 Å². The second-order valence-corrected chi connectivity index (χ2v) is 6.07. The molecular weight excluding hydrogens is 318 g/mol. The minimum atomic E-state index is 0.623. The normalized spacial score (nSPS) is 11.4. The van der Waals surface area contributed by atoms with Crippen molar-refractivity contribution in [2.75, 3.05) is 19.0 Å². The fourth-order valence-electron chi connectivity index (χ4n) is 2.94. The molecule has 0 fully saturated rings. The summed E-state index contributed by atoms with van der Waals surface area (Å²) in [5.41, 5.74) is 4.39. The van der Waals surface area contributed by atoms with Gasteiger partial charge in [-0.15, -0.1) is 0 Å². The molecule has 134 valence electrons. The first kappa shape index (κ1) is 17.3. The summed E-state index contributed by atoms with van der Waals surface area (Å²) in [4.78, 5) is 8.75. The van der Waals surface area contributed by atoms with Gasteiger partial charge in [0.1, 0.15) is 12.1 Å². The van der Waals surface area contributed by atoms with Gasteiger partial charge in [0, 0.05) is 36.7 Å². The molecule has 8 nitrogen and oxygen atoms in total. The number of methoxy groups -OCH3 is 1. The van der Waals surface area contributed by atoms with Crippen LogP contribution in [0, 0.1) is 13.8 Å². The van der Waals surface area contributed by atoms with Crippen molar-refractivity contribution in [2.24, 2.45) is 0 Å². The first-order valence-corrected chi connectivity index (χ1v) is 8.59. The Morgan fingerprint density at radius 3 is 2.88 bits per heavy atom. The van der Waals surface area contributed by atoms with E-state index in [0.717, 1.165) is 42.3 Å². The third-order valence-corrected chi connectivity index (χ3v) is 4.30. The van der Waals surface area contributed by atoms with E-state index in [4.69, 9.17) is 4.74 Å². The zero-order chi connectivity index (χ0) is 17.8. The van der Waals surface area contributed by atoms with Crippen molar-refractivity contribution in [3.63, 3.8) is 0 Å². The number of hydrogen-bond donors (Lipinski definition) is 1. The van der Waals surface area contributed by atoms with Crippen LogP contribution in [0.25, 0.3) is 5.78 Å². The van der Waals surface area contributed by atoms with Gasteiger partial charge in [0.15, 0.2) is 0 Å². The van der Waals surface area contributed by atoms with Gasteiger partial charge < -0.3 is 10.1 Å². The molecule has 0 saturated heterocycles. The summed E-state index contributed by atoms with van der Waals surface area (Å²) in [5, 5.41) is 12.4. The third kappa shape index (κ3) is 3.63. The van der Waals surface area contributed by atoms with Crippen LogP contribution in [0.2, 0.25) is 0 Å². The van der Waals surface area contributed by atoms with Gasteiger partial charge in [-0.05, 0) is 20.3 Å². The number of aryl methyl sites for hydroxylation is 2. The Bertz CT molecular complexity index is 852. The minimum Gasteiger partial charge on any atom is -0.383 e. The van der Waals surface area contributed by atoms with Crippen LogP contribution >= 0.6 is 0 Å². The van der Waals surface area contributed by atoms with Crippen molar-refractivity contribution in [2.45, 2.75) is 46.7 Å². The maximum Gasteiger partial charge on any atom is 0.254 e. The highest BCUT2D eigenvalue weighted by Gasteiger charge is 2.13. The molecule has 3 heterocycles. The van der Waals surface area contributed by atoms with Crippen LogP contribution in [0.4, 0.5) is 5.82 Å². The van der Waals surface area contributed by atoms with Gasteiger partial charge in [0.05, 0.1) is 18.8 Å². The van der Waals surface area contributed by atoms with E-state index in [9.17, 15) is 0 Å². The predicted molar refractivity (Wildman–Crippen MR) is 95.7 cm³/mol. The second kappa shape index (κ2) is 7.60. The molecule has 0 radical (unpaired) electrons. The molecule has 3 aromatic rings. The molecule has 25 heavy (non-hydrogen) atoms. The highest BCUT2D eigenvalue weighted by Crippen LogP contribution is 2.17. The van der Waals surface area contributed by atoms with E-state index in [1.54, 1.807) is 11.6 Å². The Morgan fingerprint density at radius 2 is 2.12 bits per heavy atom. The van der Waals surface area contributed by atoms with Crippen LogP contribution in [0.5, 0.6) is 0 Å². The molecule has 0 aliphatic carbocycles. The fraction of sp³-hybridized carbons (Fsp3) is 0.529. The summed E-state index contributed by atoms with van der Waals surface area (Å²) in [7, 11) is 1.70. The highest BCUT2D eigenvalue weighted by molar-refractivity contribution is 5.46. The van der Waals surface area contributed by atoms with Gasteiger partial charge >= 0.3 is 0 Å². The number of nitrogens with zero attached hydrogens (tertiary/aromatic N) is 6. The van der Waals surface area contributed by atoms with E-state index in [0.29, 0.717) is 18.9 Å². The zero-order valence-electron chi connectivity index (χ0n) is 15.3. The standard InChI is InChI=1S/C17H25N7O/c1-5-6-14-9-16(24-17(21-14)19-11-20-24)18-10-15-12(2)22-23(13(15)3)7-8-25-4/h9,11,18H,5-8,10H2,1-4H3. The van der Waals surface area contributed by atoms with Crippen LogP contribution < -0.4 is 5.32 Å². The Hall–Kier alpha value is -2.48. The molecule has 0 aromatic carbocycles. The highest BCUT2D eigenvalue weighted by atomic mass is 16.5. The maximum atomic E-state index is 5.15. The molecule has 1 N–H and O–H groups in total. The lowest BCUT2D eigenvalue weighted by molar-refractivity contribution is 0.182. The monoisotopic (exact) mass is 343 g/mol. The molecule has 0 amide bonds. The van der Waals surface area contributed by atoms with Gasteiger partial charge in [0.25, 0.3) is 5.78 Å². The number of fused-ring (bicyclic) bond motifs is 1. The second-order valence-electron chi connectivity index (χ2n) is 6.07. The molecular formula is C17H25N7O. The van der Waals surface area contributed by atoms with E-state index in [2.05, 4.69) is 39.3 Å². The largest absolute Gasteiger partial charge is 0.383 e. The molecule has 0 unspecified atom stereocenters. The summed E-state index contributed by atoms with van der Waals surface area (Å²) in [6.45, 7) is 8.35. The van der Waals surface area contributed by atoms with Gasteiger partial charge in [-0.25, -0.2) is 4.98 Å². The van der Waals surface area contributed by atoms with E-state index in [1.807, 2.05) is 17.7 Å². The molecule has 0 spiro atoms. The topological polar surface area (TPSA) is 82.2 Å². The lowest BCUT2D eigenvalue weighted by Crippen LogP contribution is -2.10. The molecule has 0 aliphatic rings. The van der Waals surface area contributed by atoms with Crippen LogP contribution in [-0.2, 0) is 24.2 Å². The number of anilines is 1. The SMILES string of the molecule is CCCc1cc(NCc2c(C)nn(CCOC)c2C)n2ncnc2n1. The fourth-order valence-corrected chi connectivity index (χ4v) is 2.94. The predicted octanol–water partition coefficient (Wildman–Crippen LogP) is 2.15. The van der Waals surface area contributed by atoms with E-state index < -0.39 is 0 Å². The Kier molecular flexibility index (Phi) is 5.28. The number of rotatable bonds is 8. The Balaban J connectivity index is 1.83. The van der Waals surface area contributed by atoms with Crippen molar-refractivity contribution in [1.29, 1.82) is 0 Å². The van der Waals surface area contributed by atoms with Crippen molar-refractivity contribution in [3.05, 3.63) is 35.0 Å². The van der Waals surface area contributed by atoms with E-state index >= 15 is 0 Å². The lowest BCUT2D eigenvalue weighted by atomic mass is 10.2. The Labute approximate surface area is 147 Å². The van der Waals surface area contributed by atoms with Crippen molar-refractivity contribution in [3.8, 4) is 0 Å². The lowest BCUT2D eigenvalue weighted by Gasteiger charge is -2.10. The van der Waals surface area contributed by atoms with E-state index in [-0.39, 0.29) is 0 Å². The summed E-state index contributed by atoms with van der Waals surface area (Å²) in [6.07, 6.45) is 3.49. The zero-order valence-corrected chi connectivity index (χ0v) is 15.3. The summed E-state index contributed by atoms with van der Waals surface area (Å²) >= 11 is 0. The Morgan fingerprint density at radius 1 is 1.28 bits per heavy atom. The molecule has 3 rings (SSSR count). The number of ether oxygens (including phenoxy) is 1. The smallest absolute Gasteiger partial charge is 0.254 e. The van der Waals surface area contributed by atoms with Gasteiger partial charge in [0.2, 0.25) is 0 Å². The molecule has 0 bridgehead atoms. The van der Waals surface area contributed by atoms with Crippen molar-refractivity contribution in [1.82, 2.24) is 29.4 Å². The number of hydrogen-bond acceptors (Lipinski definition) is 6. The summed E-state index contributed by atoms with van der Waals surface area (Å²) in [5.74, 6) is 1.52. The van der Waals surface area contributed by atoms with Gasteiger partial charge in [-0.2, -0.15) is 19.7 Å². The maximum absolute atomic E-state index is 5.15. The number of nitrogens with one attached hydrogen (secondary N) is 1. The number of aromatic nitrogens is 6. The summed E-state index contributed by atoms with van der Waals surface area (Å²) < 4.78 is 8.88. The van der Waals surface area contributed by atoms with Crippen LogP contribution in [-0.4, -0.2) is 43.1 Å². The molecule has 0 saturated carbocycles. The minimum absolute atomic E-state index is 0.623. The van der Waals surface area contributed by atoms with Crippen LogP contribution in [0.15, 0.2) is 12.4 Å². The average Bonchev–Trinajstić information content (AvgIpc) is 3.16. The van der Waals surface area contributed by atoms with Gasteiger partial charge in [-0.1, -0.05) is 13.3 Å². The molecule has 8 heteroatoms. The van der Waals surface area contributed by atoms with E-state index in [1.165, 1.54) is 11.9 Å².